The van der Waals surface area contributed by atoms with Gasteiger partial charge in [-0.3, -0.25) is 9.98 Å². The van der Waals surface area contributed by atoms with E-state index in [1.54, 1.807) is 0 Å². The summed E-state index contributed by atoms with van der Waals surface area (Å²) in [5.41, 5.74) is 1.11. The molecular weight excluding hydrogens is 298 g/mol. The lowest BCUT2D eigenvalue weighted by molar-refractivity contribution is 0.188. The second-order valence-electron chi connectivity index (χ2n) is 6.50. The predicted octanol–water partition coefficient (Wildman–Crippen LogP) is 2.30. The van der Waals surface area contributed by atoms with Crippen LogP contribution >= 0.6 is 0 Å². The molecule has 134 valence electrons. The lowest BCUT2D eigenvalue weighted by Crippen LogP contribution is -2.39. The van der Waals surface area contributed by atoms with Crippen LogP contribution in [0.5, 0.6) is 0 Å². The van der Waals surface area contributed by atoms with Gasteiger partial charge in [0.1, 0.15) is 0 Å². The summed E-state index contributed by atoms with van der Waals surface area (Å²) in [5.74, 6) is 1.66. The molecule has 0 amide bonds. The van der Waals surface area contributed by atoms with Crippen molar-refractivity contribution in [3.05, 3.63) is 30.1 Å². The summed E-state index contributed by atoms with van der Waals surface area (Å²) in [6.07, 6.45) is 6.57. The fourth-order valence-electron chi connectivity index (χ4n) is 3.13. The Bertz CT molecular complexity index is 466. The first kappa shape index (κ1) is 18.7. The fourth-order valence-corrected chi connectivity index (χ4v) is 3.13. The quantitative estimate of drug-likeness (QED) is 0.567. The second kappa shape index (κ2) is 11.0. The van der Waals surface area contributed by atoms with Crippen LogP contribution < -0.4 is 10.6 Å². The molecule has 1 aromatic heterocycles. The summed E-state index contributed by atoms with van der Waals surface area (Å²) in [7, 11) is 0. The van der Waals surface area contributed by atoms with Crippen molar-refractivity contribution in [2.45, 2.75) is 39.5 Å². The number of nitrogens with one attached hydrogen (secondary N) is 2. The minimum Gasteiger partial charge on any atom is -0.357 e. The minimum absolute atomic E-state index is 0.726. The van der Waals surface area contributed by atoms with Crippen molar-refractivity contribution in [3.8, 4) is 0 Å². The highest BCUT2D eigenvalue weighted by atomic mass is 15.2. The lowest BCUT2D eigenvalue weighted by Gasteiger charge is -2.31. The first-order valence-electron chi connectivity index (χ1n) is 9.46. The van der Waals surface area contributed by atoms with Gasteiger partial charge in [0.2, 0.25) is 0 Å². The van der Waals surface area contributed by atoms with E-state index in [0.29, 0.717) is 0 Å². The average Bonchev–Trinajstić information content (AvgIpc) is 2.62. The Morgan fingerprint density at radius 2 is 2.08 bits per heavy atom. The van der Waals surface area contributed by atoms with E-state index in [-0.39, 0.29) is 0 Å². The Labute approximate surface area is 147 Å². The average molecular weight is 332 g/mol. The second-order valence-corrected chi connectivity index (χ2v) is 6.50. The smallest absolute Gasteiger partial charge is 0.191 e. The third-order valence-corrected chi connectivity index (χ3v) is 4.50. The molecule has 0 radical (unpaired) electrons. The SMILES string of the molecule is CCCN1CCC(CN=C(NCC)NCCc2ccccn2)CC1. The van der Waals surface area contributed by atoms with Crippen LogP contribution in [0.2, 0.25) is 0 Å². The molecule has 1 fully saturated rings. The maximum atomic E-state index is 4.79. The van der Waals surface area contributed by atoms with Gasteiger partial charge in [0.05, 0.1) is 0 Å². The van der Waals surface area contributed by atoms with Gasteiger partial charge in [0, 0.05) is 37.9 Å². The van der Waals surface area contributed by atoms with Crippen LogP contribution in [0.15, 0.2) is 29.4 Å². The molecule has 5 heteroatoms. The van der Waals surface area contributed by atoms with Gasteiger partial charge in [0.25, 0.3) is 0 Å². The highest BCUT2D eigenvalue weighted by Gasteiger charge is 2.18. The largest absolute Gasteiger partial charge is 0.357 e. The summed E-state index contributed by atoms with van der Waals surface area (Å²) in [5, 5.41) is 6.77. The van der Waals surface area contributed by atoms with E-state index in [1.807, 2.05) is 18.3 Å². The van der Waals surface area contributed by atoms with Gasteiger partial charge in [-0.25, -0.2) is 0 Å². The van der Waals surface area contributed by atoms with E-state index in [2.05, 4.69) is 40.4 Å². The monoisotopic (exact) mass is 331 g/mol. The zero-order valence-corrected chi connectivity index (χ0v) is 15.3. The first-order chi connectivity index (χ1) is 11.8. The van der Waals surface area contributed by atoms with Gasteiger partial charge in [-0.1, -0.05) is 13.0 Å². The highest BCUT2D eigenvalue weighted by molar-refractivity contribution is 5.79. The Kier molecular flexibility index (Phi) is 8.60. The Hall–Kier alpha value is -1.62. The van der Waals surface area contributed by atoms with Gasteiger partial charge in [0.15, 0.2) is 5.96 Å². The van der Waals surface area contributed by atoms with Gasteiger partial charge in [-0.2, -0.15) is 0 Å². The van der Waals surface area contributed by atoms with E-state index in [9.17, 15) is 0 Å². The molecule has 1 saturated heterocycles. The first-order valence-corrected chi connectivity index (χ1v) is 9.46. The van der Waals surface area contributed by atoms with E-state index < -0.39 is 0 Å². The number of hydrogen-bond acceptors (Lipinski definition) is 3. The summed E-state index contributed by atoms with van der Waals surface area (Å²) < 4.78 is 0. The number of guanidine groups is 1. The molecule has 0 aliphatic carbocycles. The zero-order chi connectivity index (χ0) is 17.0. The van der Waals surface area contributed by atoms with Crippen LogP contribution in [0.3, 0.4) is 0 Å². The van der Waals surface area contributed by atoms with Crippen LogP contribution in [0.4, 0.5) is 0 Å². The van der Waals surface area contributed by atoms with Crippen molar-refractivity contribution in [2.75, 3.05) is 39.3 Å². The number of aliphatic imine (C=N–C) groups is 1. The molecule has 2 N–H and O–H groups in total. The molecular formula is C19H33N5. The number of hydrogen-bond donors (Lipinski definition) is 2. The number of pyridine rings is 1. The molecule has 0 atom stereocenters. The Balaban J connectivity index is 1.72. The van der Waals surface area contributed by atoms with E-state index in [4.69, 9.17) is 4.99 Å². The van der Waals surface area contributed by atoms with Crippen LogP contribution in [0.1, 0.15) is 38.8 Å². The fraction of sp³-hybridized carbons (Fsp3) is 0.684. The third-order valence-electron chi connectivity index (χ3n) is 4.50. The third kappa shape index (κ3) is 6.87. The molecule has 0 bridgehead atoms. The summed E-state index contributed by atoms with van der Waals surface area (Å²) in [4.78, 5) is 11.7. The highest BCUT2D eigenvalue weighted by Crippen LogP contribution is 2.17. The van der Waals surface area contributed by atoms with E-state index >= 15 is 0 Å². The van der Waals surface area contributed by atoms with Crippen molar-refractivity contribution in [2.24, 2.45) is 10.9 Å². The molecule has 5 nitrogen and oxygen atoms in total. The molecule has 1 aromatic rings. The number of piperidine rings is 1. The summed E-state index contributed by atoms with van der Waals surface area (Å²) in [6, 6.07) is 6.05. The molecule has 1 aliphatic heterocycles. The normalized spacial score (nSPS) is 17.0. The summed E-state index contributed by atoms with van der Waals surface area (Å²) in [6.45, 7) is 10.8. The molecule has 0 unspecified atom stereocenters. The van der Waals surface area contributed by atoms with Crippen LogP contribution in [0.25, 0.3) is 0 Å². The predicted molar refractivity (Wildman–Crippen MR) is 101 cm³/mol. The van der Waals surface area contributed by atoms with Crippen LogP contribution in [0, 0.1) is 5.92 Å². The van der Waals surface area contributed by atoms with Crippen molar-refractivity contribution < 1.29 is 0 Å². The number of rotatable bonds is 8. The minimum atomic E-state index is 0.726. The number of aromatic nitrogens is 1. The van der Waals surface area contributed by atoms with Gasteiger partial charge in [-0.05, 0) is 63.9 Å². The standard InChI is InChI=1S/C19H33N5/c1-3-13-24-14-9-17(10-15-24)16-23-19(20-4-2)22-12-8-18-7-5-6-11-21-18/h5-7,11,17H,3-4,8-10,12-16H2,1-2H3,(H2,20,22,23). The van der Waals surface area contributed by atoms with Crippen molar-refractivity contribution in [1.29, 1.82) is 0 Å². The molecule has 0 spiro atoms. The maximum Gasteiger partial charge on any atom is 0.191 e. The molecule has 0 aromatic carbocycles. The topological polar surface area (TPSA) is 52.5 Å². The maximum absolute atomic E-state index is 4.79. The number of likely N-dealkylation sites (tertiary alicyclic amines) is 1. The molecule has 2 rings (SSSR count). The molecule has 24 heavy (non-hydrogen) atoms. The van der Waals surface area contributed by atoms with Crippen molar-refractivity contribution >= 4 is 5.96 Å². The number of nitrogens with zero attached hydrogens (tertiary/aromatic N) is 3. The molecule has 2 heterocycles. The van der Waals surface area contributed by atoms with Crippen LogP contribution in [-0.2, 0) is 6.42 Å². The van der Waals surface area contributed by atoms with E-state index in [0.717, 1.165) is 43.6 Å². The van der Waals surface area contributed by atoms with Gasteiger partial charge < -0.3 is 15.5 Å². The van der Waals surface area contributed by atoms with Crippen LogP contribution in [-0.4, -0.2) is 55.1 Å². The molecule has 1 aliphatic rings. The lowest BCUT2D eigenvalue weighted by atomic mass is 9.97. The zero-order valence-electron chi connectivity index (χ0n) is 15.3. The van der Waals surface area contributed by atoms with E-state index in [1.165, 1.54) is 38.9 Å². The van der Waals surface area contributed by atoms with Gasteiger partial charge >= 0.3 is 0 Å². The van der Waals surface area contributed by atoms with Gasteiger partial charge in [-0.15, -0.1) is 0 Å². The molecule has 0 saturated carbocycles. The van der Waals surface area contributed by atoms with Crippen molar-refractivity contribution in [1.82, 2.24) is 20.5 Å². The Morgan fingerprint density at radius 3 is 2.75 bits per heavy atom. The Morgan fingerprint density at radius 1 is 1.25 bits per heavy atom. The van der Waals surface area contributed by atoms with Crippen molar-refractivity contribution in [3.63, 3.8) is 0 Å². The summed E-state index contributed by atoms with van der Waals surface area (Å²) >= 11 is 0.